The molecule has 5 nitrogen and oxygen atoms in total. The van der Waals surface area contributed by atoms with Crippen LogP contribution in [0, 0.1) is 6.92 Å². The minimum Gasteiger partial charge on any atom is -0.312 e. The van der Waals surface area contributed by atoms with Gasteiger partial charge in [-0.3, -0.25) is 0 Å². The molecule has 2 heterocycles. The maximum atomic E-state index is 12.6. The SMILES string of the molecule is CCNCc1cc(S(=O)(=O)NC2CCN(C)CC2)c(C)s1. The van der Waals surface area contributed by atoms with E-state index in [9.17, 15) is 8.42 Å². The summed E-state index contributed by atoms with van der Waals surface area (Å²) in [7, 11) is -1.33. The Kier molecular flexibility index (Phi) is 5.79. The molecule has 120 valence electrons. The molecule has 0 radical (unpaired) electrons. The molecule has 2 rings (SSSR count). The molecule has 1 saturated heterocycles. The normalized spacial score (nSPS) is 18.2. The van der Waals surface area contributed by atoms with Gasteiger partial charge in [-0.1, -0.05) is 6.92 Å². The molecule has 1 fully saturated rings. The molecule has 0 unspecified atom stereocenters. The number of nitrogens with zero attached hydrogens (tertiary/aromatic N) is 1. The first-order valence-electron chi connectivity index (χ1n) is 7.43. The maximum Gasteiger partial charge on any atom is 0.241 e. The van der Waals surface area contributed by atoms with Gasteiger partial charge >= 0.3 is 0 Å². The Labute approximate surface area is 131 Å². The van der Waals surface area contributed by atoms with Gasteiger partial charge in [-0.2, -0.15) is 0 Å². The fourth-order valence-corrected chi connectivity index (χ4v) is 5.45. The third kappa shape index (κ3) is 4.50. The van der Waals surface area contributed by atoms with Crippen LogP contribution in [0.25, 0.3) is 0 Å². The van der Waals surface area contributed by atoms with E-state index in [0.717, 1.165) is 48.8 Å². The zero-order valence-corrected chi connectivity index (χ0v) is 14.6. The third-order valence-corrected chi connectivity index (χ3v) is 6.63. The van der Waals surface area contributed by atoms with E-state index in [-0.39, 0.29) is 6.04 Å². The second-order valence-corrected chi connectivity index (χ2v) is 8.64. The van der Waals surface area contributed by atoms with Crippen LogP contribution in [-0.4, -0.2) is 46.0 Å². The number of thiophene rings is 1. The van der Waals surface area contributed by atoms with E-state index in [0.29, 0.717) is 4.90 Å². The van der Waals surface area contributed by atoms with Crippen LogP contribution < -0.4 is 10.0 Å². The number of nitrogens with one attached hydrogen (secondary N) is 2. The summed E-state index contributed by atoms with van der Waals surface area (Å²) in [5.41, 5.74) is 0. The van der Waals surface area contributed by atoms with E-state index in [2.05, 4.69) is 22.0 Å². The Hall–Kier alpha value is -0.470. The van der Waals surface area contributed by atoms with Crippen molar-refractivity contribution in [3.63, 3.8) is 0 Å². The van der Waals surface area contributed by atoms with Crippen LogP contribution in [0.5, 0.6) is 0 Å². The van der Waals surface area contributed by atoms with E-state index in [1.165, 1.54) is 0 Å². The summed E-state index contributed by atoms with van der Waals surface area (Å²) in [6.07, 6.45) is 1.76. The first-order valence-corrected chi connectivity index (χ1v) is 9.73. The van der Waals surface area contributed by atoms with E-state index in [1.54, 1.807) is 17.4 Å². The largest absolute Gasteiger partial charge is 0.312 e. The zero-order valence-electron chi connectivity index (χ0n) is 13.0. The summed E-state index contributed by atoms with van der Waals surface area (Å²) in [5, 5.41) is 3.23. The minimum atomic E-state index is -3.40. The second-order valence-electron chi connectivity index (χ2n) is 5.61. The lowest BCUT2D eigenvalue weighted by Crippen LogP contribution is -2.43. The molecule has 0 aliphatic carbocycles. The predicted molar refractivity (Wildman–Crippen MR) is 87.3 cm³/mol. The van der Waals surface area contributed by atoms with Gasteiger partial charge in [0.15, 0.2) is 0 Å². The van der Waals surface area contributed by atoms with Crippen molar-refractivity contribution in [3.8, 4) is 0 Å². The quantitative estimate of drug-likeness (QED) is 0.830. The van der Waals surface area contributed by atoms with E-state index >= 15 is 0 Å². The third-order valence-electron chi connectivity index (χ3n) is 3.80. The van der Waals surface area contributed by atoms with Gasteiger partial charge in [0.1, 0.15) is 0 Å². The van der Waals surface area contributed by atoms with Crippen LogP contribution in [0.15, 0.2) is 11.0 Å². The van der Waals surface area contributed by atoms with E-state index in [1.807, 2.05) is 13.8 Å². The topological polar surface area (TPSA) is 61.4 Å². The highest BCUT2D eigenvalue weighted by molar-refractivity contribution is 7.89. The van der Waals surface area contributed by atoms with Crippen LogP contribution >= 0.6 is 11.3 Å². The number of likely N-dealkylation sites (tertiary alicyclic amines) is 1. The van der Waals surface area contributed by atoms with Crippen molar-refractivity contribution in [3.05, 3.63) is 15.8 Å². The van der Waals surface area contributed by atoms with Crippen LogP contribution in [-0.2, 0) is 16.6 Å². The number of hydrogen-bond donors (Lipinski definition) is 2. The van der Waals surface area contributed by atoms with Gasteiger partial charge in [0.2, 0.25) is 10.0 Å². The maximum absolute atomic E-state index is 12.6. The summed E-state index contributed by atoms with van der Waals surface area (Å²) in [4.78, 5) is 4.61. The monoisotopic (exact) mass is 331 g/mol. The molecule has 1 aliphatic rings. The molecular formula is C14H25N3O2S2. The molecule has 0 spiro atoms. The molecule has 1 aliphatic heterocycles. The van der Waals surface area contributed by atoms with Crippen molar-refractivity contribution in [2.75, 3.05) is 26.7 Å². The molecule has 0 atom stereocenters. The summed E-state index contributed by atoms with van der Waals surface area (Å²) in [6.45, 7) is 7.42. The molecular weight excluding hydrogens is 306 g/mol. The average Bonchev–Trinajstić information content (AvgIpc) is 2.81. The van der Waals surface area contributed by atoms with Gasteiger partial charge in [-0.05, 0) is 52.5 Å². The number of hydrogen-bond acceptors (Lipinski definition) is 5. The number of aryl methyl sites for hydroxylation is 1. The average molecular weight is 332 g/mol. The van der Waals surface area contributed by atoms with Crippen molar-refractivity contribution >= 4 is 21.4 Å². The van der Waals surface area contributed by atoms with Crippen molar-refractivity contribution < 1.29 is 8.42 Å². The minimum absolute atomic E-state index is 0.0581. The van der Waals surface area contributed by atoms with Crippen LogP contribution in [0.1, 0.15) is 29.5 Å². The number of sulfonamides is 1. The Balaban J connectivity index is 2.06. The highest BCUT2D eigenvalue weighted by Crippen LogP contribution is 2.26. The summed E-state index contributed by atoms with van der Waals surface area (Å²) >= 11 is 1.55. The Morgan fingerprint density at radius 3 is 2.67 bits per heavy atom. The summed E-state index contributed by atoms with van der Waals surface area (Å²) < 4.78 is 28.0. The van der Waals surface area contributed by atoms with Crippen molar-refractivity contribution in [1.82, 2.24) is 14.9 Å². The van der Waals surface area contributed by atoms with E-state index in [4.69, 9.17) is 0 Å². The fourth-order valence-electron chi connectivity index (χ4n) is 2.54. The fraction of sp³-hybridized carbons (Fsp3) is 0.714. The molecule has 21 heavy (non-hydrogen) atoms. The van der Waals surface area contributed by atoms with Gasteiger partial charge in [-0.15, -0.1) is 11.3 Å². The van der Waals surface area contributed by atoms with Gasteiger partial charge < -0.3 is 10.2 Å². The van der Waals surface area contributed by atoms with Crippen LogP contribution in [0.3, 0.4) is 0 Å². The number of piperidine rings is 1. The summed E-state index contributed by atoms with van der Waals surface area (Å²) in [5.74, 6) is 0. The Bertz CT molecular complexity index is 561. The molecule has 0 bridgehead atoms. The molecule has 1 aromatic rings. The first-order chi connectivity index (χ1) is 9.92. The van der Waals surface area contributed by atoms with Crippen LogP contribution in [0.4, 0.5) is 0 Å². The van der Waals surface area contributed by atoms with Gasteiger partial charge in [-0.25, -0.2) is 13.1 Å². The Morgan fingerprint density at radius 2 is 2.05 bits per heavy atom. The predicted octanol–water partition coefficient (Wildman–Crippen LogP) is 1.54. The number of rotatable bonds is 6. The van der Waals surface area contributed by atoms with Crippen molar-refractivity contribution in [2.45, 2.75) is 44.2 Å². The Morgan fingerprint density at radius 1 is 1.38 bits per heavy atom. The highest BCUT2D eigenvalue weighted by atomic mass is 32.2. The lowest BCUT2D eigenvalue weighted by atomic mass is 10.1. The standard InChI is InChI=1S/C14H25N3O2S2/c1-4-15-10-13-9-14(11(2)20-13)21(18,19)16-12-5-7-17(3)8-6-12/h9,12,15-16H,4-8,10H2,1-3H3. The highest BCUT2D eigenvalue weighted by Gasteiger charge is 2.25. The van der Waals surface area contributed by atoms with E-state index < -0.39 is 10.0 Å². The first kappa shape index (κ1) is 16.9. The lowest BCUT2D eigenvalue weighted by molar-refractivity contribution is 0.248. The molecule has 0 saturated carbocycles. The molecule has 0 aromatic carbocycles. The van der Waals surface area contributed by atoms with Crippen LogP contribution in [0.2, 0.25) is 0 Å². The second kappa shape index (κ2) is 7.19. The van der Waals surface area contributed by atoms with Gasteiger partial charge in [0.05, 0.1) is 4.90 Å². The molecule has 2 N–H and O–H groups in total. The summed E-state index contributed by atoms with van der Waals surface area (Å²) in [6, 6.07) is 1.86. The molecule has 1 aromatic heterocycles. The molecule has 0 amide bonds. The lowest BCUT2D eigenvalue weighted by Gasteiger charge is -2.29. The van der Waals surface area contributed by atoms with Crippen molar-refractivity contribution in [2.24, 2.45) is 0 Å². The smallest absolute Gasteiger partial charge is 0.241 e. The van der Waals surface area contributed by atoms with Gasteiger partial charge in [0.25, 0.3) is 0 Å². The van der Waals surface area contributed by atoms with Gasteiger partial charge in [0, 0.05) is 22.3 Å². The molecule has 7 heteroatoms. The zero-order chi connectivity index (χ0) is 15.5. The van der Waals surface area contributed by atoms with Crippen molar-refractivity contribution in [1.29, 1.82) is 0 Å².